The van der Waals surface area contributed by atoms with Gasteiger partial charge in [-0.25, -0.2) is 9.59 Å². The predicted octanol–water partition coefficient (Wildman–Crippen LogP) is 9.02. The molecule has 4 atom stereocenters. The summed E-state index contributed by atoms with van der Waals surface area (Å²) in [6.07, 6.45) is 3.44. The standard InChI is InChI=1S/C39H43N5O5.C9H17NO2/c1-39(2,3)49-38(47)44-19-7-10-33(44)37(46)43-31-18-14-26(20-30(31)41)35-34(36(35)27-13-17-29(40)32(21-27)42-23-45)25-11-15-28(16-12-25)48-22-24-8-5-4-6-9-24;1-9(2,3)12-8(11)10-6-4-5-7-10/h4-6,8-9,11-18,20-21,23,33-36H,7,10,19,22,40-41H2,1-3H3,(H,42,45)(H,43,46);4-7H2,1-3H3. The molecular weight excluding hydrogens is 773 g/mol. The van der Waals surface area contributed by atoms with E-state index in [-0.39, 0.29) is 35.4 Å². The third-order valence-electron chi connectivity index (χ3n) is 10.9. The van der Waals surface area contributed by atoms with Crippen molar-refractivity contribution in [2.45, 2.75) is 109 Å². The fraction of sp³-hybridized carbons (Fsp3) is 0.417. The molecule has 324 valence electrons. The van der Waals surface area contributed by atoms with Gasteiger partial charge in [-0.2, -0.15) is 0 Å². The normalized spacial score (nSPS) is 19.6. The average molecular weight is 833 g/mol. The Morgan fingerprint density at radius 2 is 1.28 bits per heavy atom. The summed E-state index contributed by atoms with van der Waals surface area (Å²) in [5, 5.41) is 5.65. The second kappa shape index (κ2) is 19.0. The number of ether oxygens (including phenoxy) is 3. The topological polar surface area (TPSA) is 179 Å². The molecule has 6 N–H and O–H groups in total. The highest BCUT2D eigenvalue weighted by Crippen LogP contribution is 2.66. The number of rotatable bonds is 10. The van der Waals surface area contributed by atoms with Gasteiger partial charge >= 0.3 is 12.2 Å². The molecule has 0 aromatic heterocycles. The summed E-state index contributed by atoms with van der Waals surface area (Å²) < 4.78 is 16.8. The van der Waals surface area contributed by atoms with Crippen LogP contribution in [0.2, 0.25) is 0 Å². The maximum absolute atomic E-state index is 13.4. The Morgan fingerprint density at radius 3 is 1.90 bits per heavy atom. The molecule has 0 spiro atoms. The zero-order valence-electron chi connectivity index (χ0n) is 36.1. The molecule has 0 radical (unpaired) electrons. The molecule has 13 heteroatoms. The molecule has 2 saturated heterocycles. The van der Waals surface area contributed by atoms with Crippen molar-refractivity contribution in [2.75, 3.05) is 41.7 Å². The van der Waals surface area contributed by atoms with E-state index in [1.54, 1.807) is 25.7 Å². The van der Waals surface area contributed by atoms with Crippen molar-refractivity contribution in [1.82, 2.24) is 9.80 Å². The number of likely N-dealkylation sites (tertiary alicyclic amines) is 2. The van der Waals surface area contributed by atoms with Gasteiger partial charge in [0.2, 0.25) is 12.3 Å². The molecule has 4 unspecified atom stereocenters. The highest BCUT2D eigenvalue weighted by molar-refractivity contribution is 5.99. The molecule has 0 bridgehead atoms. The van der Waals surface area contributed by atoms with Crippen LogP contribution in [-0.2, 0) is 25.7 Å². The number of anilines is 4. The lowest BCUT2D eigenvalue weighted by molar-refractivity contribution is -0.120. The Morgan fingerprint density at radius 1 is 0.689 bits per heavy atom. The van der Waals surface area contributed by atoms with Crippen molar-refractivity contribution in [3.8, 4) is 5.75 Å². The van der Waals surface area contributed by atoms with Crippen molar-refractivity contribution in [2.24, 2.45) is 0 Å². The number of nitrogens with two attached hydrogens (primary N) is 2. The zero-order chi connectivity index (χ0) is 43.9. The molecule has 13 nitrogen and oxygen atoms in total. The summed E-state index contributed by atoms with van der Waals surface area (Å²) in [5.74, 6) is 0.773. The molecule has 1 saturated carbocycles. The average Bonchev–Trinajstić information content (AvgIpc) is 3.50. The minimum Gasteiger partial charge on any atom is -0.489 e. The van der Waals surface area contributed by atoms with Crippen molar-refractivity contribution < 1.29 is 33.4 Å². The summed E-state index contributed by atoms with van der Waals surface area (Å²) in [4.78, 5) is 52.0. The predicted molar refractivity (Wildman–Crippen MR) is 238 cm³/mol. The van der Waals surface area contributed by atoms with E-state index in [2.05, 4.69) is 22.8 Å². The molecule has 3 fully saturated rings. The number of benzene rings is 4. The molecule has 7 rings (SSSR count). The maximum Gasteiger partial charge on any atom is 0.410 e. The Hall–Kier alpha value is -6.24. The van der Waals surface area contributed by atoms with Crippen molar-refractivity contribution in [3.63, 3.8) is 0 Å². The molecule has 2 aliphatic heterocycles. The summed E-state index contributed by atoms with van der Waals surface area (Å²) in [7, 11) is 0. The van der Waals surface area contributed by atoms with Gasteiger partial charge in [-0.15, -0.1) is 0 Å². The largest absolute Gasteiger partial charge is 0.489 e. The quantitative estimate of drug-likeness (QED) is 0.0897. The molecule has 1 aliphatic carbocycles. The van der Waals surface area contributed by atoms with Crippen LogP contribution >= 0.6 is 0 Å². The van der Waals surface area contributed by atoms with Crippen molar-refractivity contribution in [3.05, 3.63) is 113 Å². The van der Waals surface area contributed by atoms with E-state index in [0.29, 0.717) is 55.2 Å². The summed E-state index contributed by atoms with van der Waals surface area (Å²) in [6, 6.07) is 29.0. The Kier molecular flexibility index (Phi) is 13.8. The van der Waals surface area contributed by atoms with E-state index >= 15 is 0 Å². The van der Waals surface area contributed by atoms with Gasteiger partial charge in [0.15, 0.2) is 0 Å². The van der Waals surface area contributed by atoms with Gasteiger partial charge in [0, 0.05) is 19.6 Å². The second-order valence-electron chi connectivity index (χ2n) is 17.9. The van der Waals surface area contributed by atoms with E-state index < -0.39 is 17.7 Å². The van der Waals surface area contributed by atoms with Crippen LogP contribution in [0.4, 0.5) is 32.3 Å². The van der Waals surface area contributed by atoms with Crippen LogP contribution in [0, 0.1) is 0 Å². The first-order valence-electron chi connectivity index (χ1n) is 21.1. The van der Waals surface area contributed by atoms with Crippen LogP contribution in [-0.4, -0.2) is 71.2 Å². The summed E-state index contributed by atoms with van der Waals surface area (Å²) >= 11 is 0. The first kappa shape index (κ1) is 44.3. The number of carbonyl (C=O) groups excluding carboxylic acids is 4. The second-order valence-corrected chi connectivity index (χ2v) is 17.9. The Bertz CT molecular complexity index is 2160. The molecule has 61 heavy (non-hydrogen) atoms. The lowest BCUT2D eigenvalue weighted by Gasteiger charge is -2.28. The van der Waals surface area contributed by atoms with Crippen LogP contribution in [0.5, 0.6) is 5.75 Å². The fourth-order valence-corrected chi connectivity index (χ4v) is 7.97. The van der Waals surface area contributed by atoms with Crippen LogP contribution < -0.4 is 26.8 Å². The number of amides is 4. The minimum absolute atomic E-state index is 0.0772. The lowest BCUT2D eigenvalue weighted by Crippen LogP contribution is -2.45. The first-order valence-corrected chi connectivity index (χ1v) is 21.1. The van der Waals surface area contributed by atoms with Gasteiger partial charge in [-0.3, -0.25) is 14.5 Å². The smallest absolute Gasteiger partial charge is 0.410 e. The third kappa shape index (κ3) is 11.7. The molecule has 3 aliphatic rings. The monoisotopic (exact) mass is 832 g/mol. The van der Waals surface area contributed by atoms with Crippen molar-refractivity contribution >= 4 is 47.3 Å². The highest BCUT2D eigenvalue weighted by atomic mass is 16.6. The third-order valence-corrected chi connectivity index (χ3v) is 10.9. The summed E-state index contributed by atoms with van der Waals surface area (Å²) in [6.45, 7) is 13.7. The van der Waals surface area contributed by atoms with E-state index in [1.165, 1.54) is 4.90 Å². The number of carbonyl (C=O) groups is 4. The Balaban J connectivity index is 0.000000447. The van der Waals surface area contributed by atoms with Gasteiger partial charge in [0.25, 0.3) is 0 Å². The van der Waals surface area contributed by atoms with Gasteiger partial charge in [-0.1, -0.05) is 54.6 Å². The molecule has 2 heterocycles. The van der Waals surface area contributed by atoms with Gasteiger partial charge in [0.05, 0.1) is 22.7 Å². The van der Waals surface area contributed by atoms with E-state index in [0.717, 1.165) is 53.9 Å². The van der Waals surface area contributed by atoms with Crippen molar-refractivity contribution in [1.29, 1.82) is 0 Å². The van der Waals surface area contributed by atoms with E-state index in [4.69, 9.17) is 25.7 Å². The number of hydrogen-bond acceptors (Lipinski definition) is 9. The van der Waals surface area contributed by atoms with E-state index in [1.807, 2.05) is 99.6 Å². The highest BCUT2D eigenvalue weighted by Gasteiger charge is 2.52. The van der Waals surface area contributed by atoms with Crippen LogP contribution in [0.3, 0.4) is 0 Å². The molecular formula is C48H60N6O7. The summed E-state index contributed by atoms with van der Waals surface area (Å²) in [5.41, 5.74) is 17.9. The van der Waals surface area contributed by atoms with Gasteiger partial charge in [-0.05, 0) is 144 Å². The maximum atomic E-state index is 13.4. The fourth-order valence-electron chi connectivity index (χ4n) is 7.97. The Labute approximate surface area is 359 Å². The van der Waals surface area contributed by atoms with Crippen LogP contribution in [0.15, 0.2) is 91.0 Å². The van der Waals surface area contributed by atoms with Gasteiger partial charge in [0.1, 0.15) is 29.6 Å². The lowest BCUT2D eigenvalue weighted by atomic mass is 10.0. The SMILES string of the molecule is CC(C)(C)OC(=O)N1CCCC1.CC(C)(C)OC(=O)N1CCCC1C(=O)Nc1ccc(C2C(c3ccc(OCc4ccccc4)cc3)C2c2ccc(N)c(NC=O)c2)cc1N. The molecule has 4 aromatic carbocycles. The van der Waals surface area contributed by atoms with Gasteiger partial charge < -0.3 is 41.2 Å². The number of nitrogen functional groups attached to an aromatic ring is 2. The van der Waals surface area contributed by atoms with Crippen LogP contribution in [0.1, 0.15) is 107 Å². The van der Waals surface area contributed by atoms with E-state index in [9.17, 15) is 19.2 Å². The molecule has 4 aromatic rings. The number of nitrogens with zero attached hydrogens (tertiary/aromatic N) is 2. The molecule has 4 amide bonds. The van der Waals surface area contributed by atoms with Crippen LogP contribution in [0.25, 0.3) is 0 Å². The minimum atomic E-state index is -0.656. The number of nitrogens with one attached hydrogen (secondary N) is 2. The number of hydrogen-bond donors (Lipinski definition) is 4. The first-order chi connectivity index (χ1) is 29.0. The zero-order valence-corrected chi connectivity index (χ0v) is 36.1.